The Morgan fingerprint density at radius 2 is 1.78 bits per heavy atom. The fraction of sp³-hybridized carbons (Fsp3) is 0.474. The van der Waals surface area contributed by atoms with E-state index in [0.717, 1.165) is 49.6 Å². The van der Waals surface area contributed by atoms with Crippen molar-refractivity contribution in [2.45, 2.75) is 31.9 Å². The molecule has 1 aromatic heterocycles. The molecule has 27 heavy (non-hydrogen) atoms. The van der Waals surface area contributed by atoms with Gasteiger partial charge in [0.05, 0.1) is 16.9 Å². The number of alkyl halides is 3. The van der Waals surface area contributed by atoms with Crippen LogP contribution in [0.25, 0.3) is 0 Å². The van der Waals surface area contributed by atoms with Gasteiger partial charge in [-0.3, -0.25) is 0 Å². The van der Waals surface area contributed by atoms with Crippen LogP contribution in [-0.4, -0.2) is 36.1 Å². The number of nitrogen functional groups attached to an aromatic ring is 1. The number of rotatable bonds is 2. The maximum Gasteiger partial charge on any atom is 0.416 e. The first-order valence-corrected chi connectivity index (χ1v) is 9.15. The molecule has 1 saturated heterocycles. The number of benzene rings is 1. The van der Waals surface area contributed by atoms with Crippen LogP contribution < -0.4 is 15.5 Å². The second kappa shape index (κ2) is 6.58. The van der Waals surface area contributed by atoms with Crippen LogP contribution in [0, 0.1) is 0 Å². The first kappa shape index (κ1) is 17.9. The van der Waals surface area contributed by atoms with Gasteiger partial charge in [0.15, 0.2) is 0 Å². The summed E-state index contributed by atoms with van der Waals surface area (Å²) >= 11 is 0. The zero-order chi connectivity index (χ0) is 19.2. The molecular formula is C19H22F3N5. The van der Waals surface area contributed by atoms with Crippen molar-refractivity contribution in [1.82, 2.24) is 9.97 Å². The van der Waals surface area contributed by atoms with E-state index in [4.69, 9.17) is 5.73 Å². The summed E-state index contributed by atoms with van der Waals surface area (Å²) in [6.07, 6.45) is -0.654. The van der Waals surface area contributed by atoms with Crippen LogP contribution >= 0.6 is 0 Å². The number of anilines is 3. The molecule has 2 heterocycles. The molecule has 1 aromatic carbocycles. The van der Waals surface area contributed by atoms with Crippen LogP contribution in [0.5, 0.6) is 0 Å². The second-order valence-corrected chi connectivity index (χ2v) is 7.24. The van der Waals surface area contributed by atoms with E-state index in [2.05, 4.69) is 21.8 Å². The topological polar surface area (TPSA) is 58.3 Å². The molecule has 1 aliphatic carbocycles. The average molecular weight is 377 g/mol. The quantitative estimate of drug-likeness (QED) is 0.813. The van der Waals surface area contributed by atoms with Gasteiger partial charge in [-0.1, -0.05) is 6.92 Å². The molecule has 8 heteroatoms. The standard InChI is InChI=1S/C19H22F3N5/c1-12-2-4-15-17(12)18(25-11-24-15)27-8-6-26(7-9-27)16-5-3-13(10-14(16)23)19(20,21)22/h3,5,10-12H,2,4,6-9,23H2,1H3/t12-/m1/s1. The summed E-state index contributed by atoms with van der Waals surface area (Å²) in [4.78, 5) is 13.2. The Bertz CT molecular complexity index is 844. The smallest absolute Gasteiger partial charge is 0.397 e. The van der Waals surface area contributed by atoms with Crippen LogP contribution in [0.1, 0.15) is 36.1 Å². The summed E-state index contributed by atoms with van der Waals surface area (Å²) in [7, 11) is 0. The Morgan fingerprint density at radius 3 is 2.44 bits per heavy atom. The zero-order valence-corrected chi connectivity index (χ0v) is 15.1. The molecule has 5 nitrogen and oxygen atoms in total. The van der Waals surface area contributed by atoms with Crippen molar-refractivity contribution in [1.29, 1.82) is 0 Å². The summed E-state index contributed by atoms with van der Waals surface area (Å²) in [6, 6.07) is 3.58. The van der Waals surface area contributed by atoms with Gasteiger partial charge in [0, 0.05) is 37.4 Å². The summed E-state index contributed by atoms with van der Waals surface area (Å²) in [6.45, 7) is 5.07. The first-order valence-electron chi connectivity index (χ1n) is 9.15. The van der Waals surface area contributed by atoms with E-state index in [1.807, 2.05) is 4.90 Å². The predicted octanol–water partition coefficient (Wildman–Crippen LogP) is 3.45. The predicted molar refractivity (Wildman–Crippen MR) is 99.1 cm³/mol. The minimum atomic E-state index is -4.38. The number of piperazine rings is 1. The van der Waals surface area contributed by atoms with Gasteiger partial charge in [-0.2, -0.15) is 13.2 Å². The average Bonchev–Trinajstić information content (AvgIpc) is 3.02. The molecule has 2 aromatic rings. The van der Waals surface area contributed by atoms with E-state index in [1.165, 1.54) is 11.6 Å². The number of aryl methyl sites for hydroxylation is 1. The number of hydrogen-bond donors (Lipinski definition) is 1. The summed E-state index contributed by atoms with van der Waals surface area (Å²) in [5, 5.41) is 0. The SMILES string of the molecule is C[C@@H]1CCc2ncnc(N3CCN(c4ccc(C(F)(F)F)cc4N)CC3)c21. The van der Waals surface area contributed by atoms with Gasteiger partial charge in [-0.15, -0.1) is 0 Å². The lowest BCUT2D eigenvalue weighted by atomic mass is 10.1. The van der Waals surface area contributed by atoms with Crippen molar-refractivity contribution in [3.05, 3.63) is 41.3 Å². The van der Waals surface area contributed by atoms with Crippen molar-refractivity contribution in [3.8, 4) is 0 Å². The van der Waals surface area contributed by atoms with E-state index >= 15 is 0 Å². The third kappa shape index (κ3) is 3.28. The number of fused-ring (bicyclic) bond motifs is 1. The second-order valence-electron chi connectivity index (χ2n) is 7.24. The van der Waals surface area contributed by atoms with Gasteiger partial charge in [-0.05, 0) is 37.0 Å². The molecule has 1 atom stereocenters. The van der Waals surface area contributed by atoms with Crippen molar-refractivity contribution in [3.63, 3.8) is 0 Å². The lowest BCUT2D eigenvalue weighted by molar-refractivity contribution is -0.137. The third-order valence-electron chi connectivity index (χ3n) is 5.53. The highest BCUT2D eigenvalue weighted by Crippen LogP contribution is 2.38. The molecule has 144 valence electrons. The van der Waals surface area contributed by atoms with E-state index in [1.54, 1.807) is 6.33 Å². The Balaban J connectivity index is 1.50. The van der Waals surface area contributed by atoms with Crippen LogP contribution in [0.4, 0.5) is 30.4 Å². The largest absolute Gasteiger partial charge is 0.416 e. The van der Waals surface area contributed by atoms with Crippen molar-refractivity contribution in [2.24, 2.45) is 0 Å². The Hall–Kier alpha value is -2.51. The molecular weight excluding hydrogens is 355 g/mol. The summed E-state index contributed by atoms with van der Waals surface area (Å²) in [5.41, 5.74) is 8.40. The third-order valence-corrected chi connectivity index (χ3v) is 5.53. The molecule has 0 spiro atoms. The van der Waals surface area contributed by atoms with Gasteiger partial charge < -0.3 is 15.5 Å². The van der Waals surface area contributed by atoms with Crippen LogP contribution in [0.15, 0.2) is 24.5 Å². The molecule has 2 N–H and O–H groups in total. The van der Waals surface area contributed by atoms with Crippen molar-refractivity contribution >= 4 is 17.2 Å². The van der Waals surface area contributed by atoms with Gasteiger partial charge in [0.2, 0.25) is 0 Å². The Labute approximate surface area is 156 Å². The van der Waals surface area contributed by atoms with Crippen LogP contribution in [0.2, 0.25) is 0 Å². The number of halogens is 3. The normalized spacial score (nSPS) is 20.1. The minimum absolute atomic E-state index is 0.162. The number of nitrogens with two attached hydrogens (primary N) is 1. The van der Waals surface area contributed by atoms with E-state index in [0.29, 0.717) is 24.7 Å². The molecule has 2 aliphatic rings. The molecule has 0 amide bonds. The molecule has 0 saturated carbocycles. The van der Waals surface area contributed by atoms with Gasteiger partial charge in [0.25, 0.3) is 0 Å². The van der Waals surface area contributed by atoms with E-state index in [-0.39, 0.29) is 5.69 Å². The first-order chi connectivity index (χ1) is 12.8. The van der Waals surface area contributed by atoms with Crippen LogP contribution in [-0.2, 0) is 12.6 Å². The molecule has 4 rings (SSSR count). The summed E-state index contributed by atoms with van der Waals surface area (Å²) < 4.78 is 38.5. The van der Waals surface area contributed by atoms with Gasteiger partial charge >= 0.3 is 6.18 Å². The molecule has 0 bridgehead atoms. The van der Waals surface area contributed by atoms with Crippen LogP contribution in [0.3, 0.4) is 0 Å². The lowest BCUT2D eigenvalue weighted by Gasteiger charge is -2.38. The molecule has 1 fully saturated rings. The highest BCUT2D eigenvalue weighted by atomic mass is 19.4. The van der Waals surface area contributed by atoms with E-state index in [9.17, 15) is 13.2 Å². The fourth-order valence-electron chi connectivity index (χ4n) is 4.05. The molecule has 0 unspecified atom stereocenters. The number of hydrogen-bond acceptors (Lipinski definition) is 5. The highest BCUT2D eigenvalue weighted by molar-refractivity contribution is 5.69. The van der Waals surface area contributed by atoms with Crippen molar-refractivity contribution < 1.29 is 13.2 Å². The highest BCUT2D eigenvalue weighted by Gasteiger charge is 2.32. The lowest BCUT2D eigenvalue weighted by Crippen LogP contribution is -2.47. The minimum Gasteiger partial charge on any atom is -0.397 e. The monoisotopic (exact) mass is 377 g/mol. The summed E-state index contributed by atoms with van der Waals surface area (Å²) in [5.74, 6) is 1.46. The number of nitrogens with zero attached hydrogens (tertiary/aromatic N) is 4. The maximum atomic E-state index is 12.8. The zero-order valence-electron chi connectivity index (χ0n) is 15.1. The Kier molecular flexibility index (Phi) is 4.36. The molecule has 1 aliphatic heterocycles. The van der Waals surface area contributed by atoms with Gasteiger partial charge in [0.1, 0.15) is 12.1 Å². The molecule has 0 radical (unpaired) electrons. The number of aromatic nitrogens is 2. The fourth-order valence-corrected chi connectivity index (χ4v) is 4.05. The maximum absolute atomic E-state index is 12.8. The van der Waals surface area contributed by atoms with Gasteiger partial charge in [-0.25, -0.2) is 9.97 Å². The Morgan fingerprint density at radius 1 is 1.07 bits per heavy atom. The van der Waals surface area contributed by atoms with E-state index < -0.39 is 11.7 Å². The van der Waals surface area contributed by atoms with Crippen molar-refractivity contribution in [2.75, 3.05) is 41.7 Å².